The highest BCUT2D eigenvalue weighted by Gasteiger charge is 2.32. The van der Waals surface area contributed by atoms with Crippen LogP contribution in [0.3, 0.4) is 0 Å². The highest BCUT2D eigenvalue weighted by molar-refractivity contribution is 7.90. The van der Waals surface area contributed by atoms with Crippen molar-refractivity contribution < 1.29 is 31.1 Å². The molecule has 2 amide bonds. The van der Waals surface area contributed by atoms with Crippen molar-refractivity contribution in [3.05, 3.63) is 77.7 Å². The number of nitrogens with one attached hydrogen (secondary N) is 2. The van der Waals surface area contributed by atoms with Crippen molar-refractivity contribution in [2.24, 2.45) is 0 Å². The van der Waals surface area contributed by atoms with Gasteiger partial charge in [0.1, 0.15) is 11.6 Å². The Bertz CT molecular complexity index is 1630. The second kappa shape index (κ2) is 10.7. The maximum atomic E-state index is 13.0. The van der Waals surface area contributed by atoms with Crippen LogP contribution in [-0.4, -0.2) is 35.7 Å². The molecular weight excluding hydrogens is 561 g/mol. The number of nitrogens with two attached hydrogens (primary N) is 1. The Morgan fingerprint density at radius 1 is 0.974 bits per heavy atom. The average Bonchev–Trinajstić information content (AvgIpc) is 2.86. The first-order valence-corrected chi connectivity index (χ1v) is 13.1. The van der Waals surface area contributed by atoms with Gasteiger partial charge in [0.2, 0.25) is 0 Å². The molecule has 4 aromatic rings. The van der Waals surface area contributed by atoms with Gasteiger partial charge in [0.25, 0.3) is 0 Å². The number of rotatable bonds is 6. The second-order valence-corrected chi connectivity index (χ2v) is 10.4. The van der Waals surface area contributed by atoms with Crippen molar-refractivity contribution in [3.63, 3.8) is 0 Å². The predicted molar refractivity (Wildman–Crippen MR) is 138 cm³/mol. The van der Waals surface area contributed by atoms with Gasteiger partial charge >= 0.3 is 18.2 Å². The number of anilines is 3. The van der Waals surface area contributed by atoms with Gasteiger partial charge in [0, 0.05) is 18.0 Å². The van der Waals surface area contributed by atoms with Gasteiger partial charge < -0.3 is 21.1 Å². The number of urea groups is 1. The summed E-state index contributed by atoms with van der Waals surface area (Å²) < 4.78 is 68.6. The molecule has 0 unspecified atom stereocenters. The van der Waals surface area contributed by atoms with Gasteiger partial charge in [-0.3, -0.25) is 0 Å². The molecule has 202 valence electrons. The number of hydrogen-bond donors (Lipinski definition) is 3. The van der Waals surface area contributed by atoms with Gasteiger partial charge in [-0.1, -0.05) is 23.7 Å². The number of nitrogen functional groups attached to an aromatic ring is 1. The zero-order valence-corrected chi connectivity index (χ0v) is 21.4. The minimum absolute atomic E-state index is 0.0419. The summed E-state index contributed by atoms with van der Waals surface area (Å²) in [7, 11) is -4.09. The molecule has 15 heteroatoms. The van der Waals surface area contributed by atoms with E-state index in [-0.39, 0.29) is 17.4 Å². The SMILES string of the molecule is CS(=O)(=O)c1cc(C(F)(F)F)ccc1NC(=O)Nc1cnc(Oc2ccc(-c3cc(Cl)cnc3N)cc2)nc1. The predicted octanol–water partition coefficient (Wildman–Crippen LogP) is 5.63. The van der Waals surface area contributed by atoms with Gasteiger partial charge in [-0.15, -0.1) is 0 Å². The molecule has 0 saturated carbocycles. The number of hydrogen-bond acceptors (Lipinski definition) is 8. The monoisotopic (exact) mass is 578 g/mol. The van der Waals surface area contributed by atoms with Crippen LogP contribution in [0, 0.1) is 0 Å². The molecule has 0 atom stereocenters. The molecule has 2 heterocycles. The average molecular weight is 579 g/mol. The number of carbonyl (C=O) groups excluding carboxylic acids is 1. The third kappa shape index (κ3) is 6.91. The highest BCUT2D eigenvalue weighted by Crippen LogP contribution is 2.34. The first-order chi connectivity index (χ1) is 18.3. The first-order valence-electron chi connectivity index (χ1n) is 10.8. The van der Waals surface area contributed by atoms with Crippen molar-refractivity contribution in [1.29, 1.82) is 0 Å². The molecule has 2 aromatic heterocycles. The molecule has 0 spiro atoms. The van der Waals surface area contributed by atoms with E-state index in [4.69, 9.17) is 22.1 Å². The summed E-state index contributed by atoms with van der Waals surface area (Å²) in [6.07, 6.45) is -0.142. The van der Waals surface area contributed by atoms with Crippen LogP contribution in [0.1, 0.15) is 5.56 Å². The zero-order chi connectivity index (χ0) is 28.4. The van der Waals surface area contributed by atoms with Crippen LogP contribution in [0.4, 0.5) is 35.2 Å². The Morgan fingerprint density at radius 2 is 1.64 bits per heavy atom. The van der Waals surface area contributed by atoms with Gasteiger partial charge in [-0.05, 0) is 42.0 Å². The van der Waals surface area contributed by atoms with Gasteiger partial charge in [-0.2, -0.15) is 13.2 Å². The lowest BCUT2D eigenvalue weighted by molar-refractivity contribution is -0.137. The summed E-state index contributed by atoms with van der Waals surface area (Å²) in [4.78, 5) is 23.7. The summed E-state index contributed by atoms with van der Waals surface area (Å²) in [5.41, 5.74) is 5.91. The van der Waals surface area contributed by atoms with Crippen molar-refractivity contribution in [2.45, 2.75) is 11.1 Å². The molecule has 4 rings (SSSR count). The van der Waals surface area contributed by atoms with E-state index in [0.717, 1.165) is 17.9 Å². The maximum Gasteiger partial charge on any atom is 0.416 e. The largest absolute Gasteiger partial charge is 0.424 e. The van der Waals surface area contributed by atoms with Crippen molar-refractivity contribution in [2.75, 3.05) is 22.6 Å². The summed E-state index contributed by atoms with van der Waals surface area (Å²) >= 11 is 5.98. The Morgan fingerprint density at radius 3 is 2.26 bits per heavy atom. The lowest BCUT2D eigenvalue weighted by Gasteiger charge is -2.14. The Labute approximate surface area is 224 Å². The normalized spacial score (nSPS) is 11.6. The van der Waals surface area contributed by atoms with E-state index in [1.54, 1.807) is 30.3 Å². The first kappa shape index (κ1) is 27.6. The fourth-order valence-electron chi connectivity index (χ4n) is 3.32. The summed E-state index contributed by atoms with van der Waals surface area (Å²) in [6.45, 7) is 0. The molecule has 0 saturated heterocycles. The molecule has 0 aliphatic carbocycles. The van der Waals surface area contributed by atoms with Gasteiger partial charge in [0.05, 0.1) is 39.3 Å². The summed E-state index contributed by atoms with van der Waals surface area (Å²) in [5, 5.41) is 5.02. The van der Waals surface area contributed by atoms with E-state index >= 15 is 0 Å². The topological polar surface area (TPSA) is 149 Å². The number of alkyl halides is 3. The van der Waals surface area contributed by atoms with Crippen LogP contribution in [0.15, 0.2) is 72.0 Å². The zero-order valence-electron chi connectivity index (χ0n) is 19.8. The highest BCUT2D eigenvalue weighted by atomic mass is 35.5. The Hall–Kier alpha value is -4.43. The smallest absolute Gasteiger partial charge is 0.416 e. The molecule has 0 radical (unpaired) electrons. The van der Waals surface area contributed by atoms with E-state index in [9.17, 15) is 26.4 Å². The van der Waals surface area contributed by atoms with E-state index in [1.807, 2.05) is 0 Å². The number of halogens is 4. The van der Waals surface area contributed by atoms with Crippen LogP contribution < -0.4 is 21.1 Å². The van der Waals surface area contributed by atoms with E-state index < -0.39 is 32.5 Å². The fourth-order valence-corrected chi connectivity index (χ4v) is 4.33. The molecule has 2 aromatic carbocycles. The minimum Gasteiger partial charge on any atom is -0.424 e. The Kier molecular flexibility index (Phi) is 7.60. The minimum atomic E-state index is -4.76. The second-order valence-electron chi connectivity index (χ2n) is 8.03. The maximum absolute atomic E-state index is 13.0. The molecule has 4 N–H and O–H groups in total. The number of aromatic nitrogens is 3. The van der Waals surface area contributed by atoms with Crippen LogP contribution in [-0.2, 0) is 16.0 Å². The summed E-state index contributed by atoms with van der Waals surface area (Å²) in [5.74, 6) is 0.718. The van der Waals surface area contributed by atoms with Gasteiger partial charge in [0.15, 0.2) is 9.84 Å². The number of pyridine rings is 1. The van der Waals surface area contributed by atoms with Crippen LogP contribution in [0.2, 0.25) is 5.02 Å². The van der Waals surface area contributed by atoms with Crippen molar-refractivity contribution in [1.82, 2.24) is 15.0 Å². The van der Waals surface area contributed by atoms with E-state index in [1.165, 1.54) is 18.6 Å². The lowest BCUT2D eigenvalue weighted by Crippen LogP contribution is -2.21. The van der Waals surface area contributed by atoms with Crippen LogP contribution in [0.5, 0.6) is 11.8 Å². The Balaban J connectivity index is 1.41. The number of carbonyl (C=O) groups is 1. The molecule has 0 bridgehead atoms. The molecule has 39 heavy (non-hydrogen) atoms. The summed E-state index contributed by atoms with van der Waals surface area (Å²) in [6, 6.07) is 9.47. The molecule has 0 aliphatic rings. The van der Waals surface area contributed by atoms with Crippen LogP contribution >= 0.6 is 11.6 Å². The lowest BCUT2D eigenvalue weighted by atomic mass is 10.1. The van der Waals surface area contributed by atoms with Crippen LogP contribution in [0.25, 0.3) is 11.1 Å². The number of amides is 2. The van der Waals surface area contributed by atoms with E-state index in [0.29, 0.717) is 34.3 Å². The third-order valence-corrected chi connectivity index (χ3v) is 6.45. The third-order valence-electron chi connectivity index (χ3n) is 5.10. The van der Waals surface area contributed by atoms with Crippen molar-refractivity contribution in [3.8, 4) is 22.9 Å². The molecule has 10 nitrogen and oxygen atoms in total. The molecular formula is C24H18ClF3N6O4S. The molecule has 0 fully saturated rings. The number of benzene rings is 2. The quantitative estimate of drug-likeness (QED) is 0.266. The number of sulfone groups is 1. The van der Waals surface area contributed by atoms with Crippen molar-refractivity contribution >= 4 is 44.7 Å². The number of nitrogens with zero attached hydrogens (tertiary/aromatic N) is 3. The van der Waals surface area contributed by atoms with E-state index in [2.05, 4.69) is 25.6 Å². The fraction of sp³-hybridized carbons (Fsp3) is 0.0833. The standard InChI is InChI=1S/C24H18ClF3N6O4S/c1-39(36,37)20-8-14(24(26,27)28)4-7-19(20)34-22(35)33-16-11-31-23(32-12-16)38-17-5-2-13(3-6-17)18-9-15(25)10-30-21(18)29/h2-12H,1H3,(H2,29,30)(H2,33,34,35). The van der Waals surface area contributed by atoms with Gasteiger partial charge in [-0.25, -0.2) is 28.2 Å². The number of ether oxygens (including phenoxy) is 1. The molecule has 0 aliphatic heterocycles.